The Morgan fingerprint density at radius 2 is 1.50 bits per heavy atom. The first kappa shape index (κ1) is 11.3. The van der Waals surface area contributed by atoms with E-state index >= 15 is 0 Å². The van der Waals surface area contributed by atoms with Crippen molar-refractivity contribution in [3.05, 3.63) is 35.9 Å². The third-order valence-electron chi connectivity index (χ3n) is 4.18. The summed E-state index contributed by atoms with van der Waals surface area (Å²) in [4.78, 5) is 0. The second-order valence-electron chi connectivity index (χ2n) is 5.28. The van der Waals surface area contributed by atoms with Crippen LogP contribution >= 0.6 is 0 Å². The second kappa shape index (κ2) is 3.14. The van der Waals surface area contributed by atoms with Gasteiger partial charge in [0.15, 0.2) is 5.72 Å². The number of azo groups is 1. The van der Waals surface area contributed by atoms with Gasteiger partial charge < -0.3 is 5.11 Å². The Labute approximate surface area is 96.2 Å². The number of nitrogens with zero attached hydrogens (tertiary/aromatic N) is 2. The molecule has 2 unspecified atom stereocenters. The van der Waals surface area contributed by atoms with Crippen LogP contribution in [0.3, 0.4) is 0 Å². The van der Waals surface area contributed by atoms with Crippen molar-refractivity contribution in [3.8, 4) is 0 Å². The Morgan fingerprint density at radius 1 is 0.938 bits per heavy atom. The number of hydrogen-bond donors (Lipinski definition) is 1. The van der Waals surface area contributed by atoms with Crippen molar-refractivity contribution >= 4 is 0 Å². The van der Waals surface area contributed by atoms with Crippen LogP contribution < -0.4 is 0 Å². The summed E-state index contributed by atoms with van der Waals surface area (Å²) in [5, 5.41) is 18.6. The minimum atomic E-state index is -1.11. The van der Waals surface area contributed by atoms with Crippen molar-refractivity contribution in [1.29, 1.82) is 0 Å². The van der Waals surface area contributed by atoms with Gasteiger partial charge in [-0.05, 0) is 19.4 Å². The van der Waals surface area contributed by atoms with Crippen molar-refractivity contribution < 1.29 is 5.11 Å². The molecule has 0 aliphatic carbocycles. The summed E-state index contributed by atoms with van der Waals surface area (Å²) < 4.78 is 0. The van der Waals surface area contributed by atoms with Crippen molar-refractivity contribution in [3.63, 3.8) is 0 Å². The Kier molecular flexibility index (Phi) is 2.21. The fourth-order valence-corrected chi connectivity index (χ4v) is 2.09. The fraction of sp³-hybridized carbons (Fsp3) is 0.538. The molecule has 3 nitrogen and oxygen atoms in total. The lowest BCUT2D eigenvalue weighted by molar-refractivity contribution is -0.0548. The predicted octanol–water partition coefficient (Wildman–Crippen LogP) is 3.10. The summed E-state index contributed by atoms with van der Waals surface area (Å²) in [6.07, 6.45) is 0. The van der Waals surface area contributed by atoms with Crippen molar-refractivity contribution in [2.75, 3.05) is 0 Å². The van der Waals surface area contributed by atoms with E-state index in [1.54, 1.807) is 6.92 Å². The molecule has 1 aliphatic heterocycles. The molecule has 0 aromatic heterocycles. The Hall–Kier alpha value is -1.22. The highest BCUT2D eigenvalue weighted by Crippen LogP contribution is 2.54. The summed E-state index contributed by atoms with van der Waals surface area (Å²) >= 11 is 0. The number of benzene rings is 1. The minimum absolute atomic E-state index is 0.429. The number of rotatable bonds is 1. The molecule has 0 bridgehead atoms. The van der Waals surface area contributed by atoms with Crippen LogP contribution in [0, 0.1) is 5.41 Å². The van der Waals surface area contributed by atoms with E-state index in [0.717, 1.165) is 5.56 Å². The molecule has 1 aliphatic rings. The Balaban J connectivity index is 2.54. The van der Waals surface area contributed by atoms with E-state index in [-0.39, 0.29) is 0 Å². The maximum atomic E-state index is 10.3. The van der Waals surface area contributed by atoms with Crippen LogP contribution in [0.2, 0.25) is 0 Å². The summed E-state index contributed by atoms with van der Waals surface area (Å²) in [5.41, 5.74) is -0.932. The topological polar surface area (TPSA) is 45.0 Å². The van der Waals surface area contributed by atoms with Crippen LogP contribution in [0.1, 0.15) is 33.3 Å². The molecule has 2 atom stereocenters. The highest BCUT2D eigenvalue weighted by atomic mass is 16.3. The molecule has 0 spiro atoms. The quantitative estimate of drug-likeness (QED) is 0.773. The van der Waals surface area contributed by atoms with Gasteiger partial charge in [0.1, 0.15) is 5.54 Å². The molecule has 0 radical (unpaired) electrons. The SMILES string of the molecule is CC1(O)N=NC(C)(c2ccccc2)C1(C)C. The van der Waals surface area contributed by atoms with E-state index in [4.69, 9.17) is 0 Å². The molecule has 1 N–H and O–H groups in total. The van der Waals surface area contributed by atoms with Crippen LogP contribution in [-0.2, 0) is 5.54 Å². The Bertz CT molecular complexity index is 423. The van der Waals surface area contributed by atoms with Gasteiger partial charge >= 0.3 is 0 Å². The zero-order valence-electron chi connectivity index (χ0n) is 10.2. The van der Waals surface area contributed by atoms with Gasteiger partial charge in [0.05, 0.1) is 0 Å². The average Bonchev–Trinajstić information content (AvgIpc) is 2.41. The molecule has 1 aromatic rings. The first-order chi connectivity index (χ1) is 7.31. The number of hydrogen-bond acceptors (Lipinski definition) is 3. The summed E-state index contributed by atoms with van der Waals surface area (Å²) in [7, 11) is 0. The maximum Gasteiger partial charge on any atom is 0.181 e. The zero-order chi connectivity index (χ0) is 12.0. The van der Waals surface area contributed by atoms with E-state index in [9.17, 15) is 5.11 Å². The molecule has 3 heteroatoms. The first-order valence-corrected chi connectivity index (χ1v) is 5.53. The summed E-state index contributed by atoms with van der Waals surface area (Å²) in [5.74, 6) is 0. The minimum Gasteiger partial charge on any atom is -0.367 e. The van der Waals surface area contributed by atoms with Gasteiger partial charge in [-0.15, -0.1) is 0 Å². The van der Waals surface area contributed by atoms with Crippen LogP contribution in [-0.4, -0.2) is 10.8 Å². The normalized spacial score (nSPS) is 36.6. The van der Waals surface area contributed by atoms with Crippen molar-refractivity contribution in [1.82, 2.24) is 0 Å². The monoisotopic (exact) mass is 218 g/mol. The van der Waals surface area contributed by atoms with Gasteiger partial charge in [0.2, 0.25) is 0 Å². The van der Waals surface area contributed by atoms with E-state index in [0.29, 0.717) is 0 Å². The van der Waals surface area contributed by atoms with Gasteiger partial charge in [-0.2, -0.15) is 10.2 Å². The van der Waals surface area contributed by atoms with E-state index in [1.165, 1.54) is 0 Å². The van der Waals surface area contributed by atoms with E-state index in [1.807, 2.05) is 51.1 Å². The molecule has 0 amide bonds. The molecule has 16 heavy (non-hydrogen) atoms. The largest absolute Gasteiger partial charge is 0.367 e. The molecule has 0 fully saturated rings. The molecule has 0 saturated carbocycles. The second-order valence-corrected chi connectivity index (χ2v) is 5.28. The highest BCUT2D eigenvalue weighted by Gasteiger charge is 2.58. The molecule has 1 heterocycles. The van der Waals surface area contributed by atoms with Gasteiger partial charge in [-0.3, -0.25) is 0 Å². The molecule has 0 saturated heterocycles. The van der Waals surface area contributed by atoms with Crippen molar-refractivity contribution in [2.24, 2.45) is 15.6 Å². The van der Waals surface area contributed by atoms with Gasteiger partial charge in [-0.1, -0.05) is 44.2 Å². The van der Waals surface area contributed by atoms with Crippen molar-refractivity contribution in [2.45, 2.75) is 39.0 Å². The summed E-state index contributed by atoms with van der Waals surface area (Å²) in [6.45, 7) is 7.73. The highest BCUT2D eigenvalue weighted by molar-refractivity contribution is 5.29. The lowest BCUT2D eigenvalue weighted by Gasteiger charge is -2.40. The van der Waals surface area contributed by atoms with Gasteiger partial charge in [0, 0.05) is 5.41 Å². The number of aliphatic hydroxyl groups is 1. The third-order valence-corrected chi connectivity index (χ3v) is 4.18. The molecule has 86 valence electrons. The fourth-order valence-electron chi connectivity index (χ4n) is 2.09. The lowest BCUT2D eigenvalue weighted by Crippen LogP contribution is -2.47. The molecular weight excluding hydrogens is 200 g/mol. The van der Waals surface area contributed by atoms with Crippen LogP contribution in [0.25, 0.3) is 0 Å². The molecule has 1 aromatic carbocycles. The Morgan fingerprint density at radius 3 is 1.94 bits per heavy atom. The average molecular weight is 218 g/mol. The summed E-state index contributed by atoms with van der Waals surface area (Å²) in [6, 6.07) is 10.0. The maximum absolute atomic E-state index is 10.3. The molecule has 2 rings (SSSR count). The van der Waals surface area contributed by atoms with Crippen LogP contribution in [0.15, 0.2) is 40.6 Å². The zero-order valence-corrected chi connectivity index (χ0v) is 10.2. The third kappa shape index (κ3) is 1.24. The van der Waals surface area contributed by atoms with E-state index < -0.39 is 16.7 Å². The van der Waals surface area contributed by atoms with Gasteiger partial charge in [0.25, 0.3) is 0 Å². The standard InChI is InChI=1S/C13H18N2O/c1-11(2)12(3,14-15-13(11,4)16)10-8-6-5-7-9-10/h5-9,16H,1-4H3. The lowest BCUT2D eigenvalue weighted by atomic mass is 9.65. The smallest absolute Gasteiger partial charge is 0.181 e. The van der Waals surface area contributed by atoms with Crippen LogP contribution in [0.5, 0.6) is 0 Å². The van der Waals surface area contributed by atoms with E-state index in [2.05, 4.69) is 10.2 Å². The first-order valence-electron chi connectivity index (χ1n) is 5.53. The molecular formula is C13H18N2O. The van der Waals surface area contributed by atoms with Gasteiger partial charge in [-0.25, -0.2) is 0 Å². The predicted molar refractivity (Wildman–Crippen MR) is 63.1 cm³/mol. The van der Waals surface area contributed by atoms with Crippen LogP contribution in [0.4, 0.5) is 0 Å².